The molecule has 0 saturated carbocycles. The molecule has 0 saturated heterocycles. The van der Waals surface area contributed by atoms with Gasteiger partial charge in [0.25, 0.3) is 0 Å². The number of carbonyl (C=O) groups excluding carboxylic acids is 2. The van der Waals surface area contributed by atoms with Crippen molar-refractivity contribution in [1.82, 2.24) is 10.6 Å². The molecule has 1 aromatic rings. The van der Waals surface area contributed by atoms with Crippen LogP contribution in [0.15, 0.2) is 35.5 Å². The van der Waals surface area contributed by atoms with Gasteiger partial charge in [-0.05, 0) is 31.5 Å². The lowest BCUT2D eigenvalue weighted by atomic mass is 10.0. The van der Waals surface area contributed by atoms with E-state index in [2.05, 4.69) is 10.6 Å². The van der Waals surface area contributed by atoms with E-state index in [1.807, 2.05) is 13.0 Å². The van der Waals surface area contributed by atoms with Gasteiger partial charge in [-0.1, -0.05) is 13.0 Å². The summed E-state index contributed by atoms with van der Waals surface area (Å²) in [7, 11) is 0. The second-order valence-electron chi connectivity index (χ2n) is 5.10. The number of carbonyl (C=O) groups is 2. The van der Waals surface area contributed by atoms with Crippen LogP contribution in [0, 0.1) is 11.3 Å². The lowest BCUT2D eigenvalue weighted by Crippen LogP contribution is -2.51. The summed E-state index contributed by atoms with van der Waals surface area (Å²) in [6, 6.07) is 7.86. The highest BCUT2D eigenvalue weighted by molar-refractivity contribution is 5.94. The SMILES string of the molecule is CCOC(=O)C1=C(COc2cccc(C#N)c2)NC(=O)NC1CC. The van der Waals surface area contributed by atoms with Crippen molar-refractivity contribution < 1.29 is 19.1 Å². The minimum atomic E-state index is -0.485. The number of nitrogens with one attached hydrogen (secondary N) is 2. The molecular formula is C17H19N3O4. The Labute approximate surface area is 140 Å². The molecule has 7 heteroatoms. The highest BCUT2D eigenvalue weighted by Gasteiger charge is 2.31. The fourth-order valence-corrected chi connectivity index (χ4v) is 2.39. The molecule has 2 rings (SSSR count). The predicted octanol–water partition coefficient (Wildman–Crippen LogP) is 1.85. The summed E-state index contributed by atoms with van der Waals surface area (Å²) >= 11 is 0. The summed E-state index contributed by atoms with van der Waals surface area (Å²) < 4.78 is 10.7. The van der Waals surface area contributed by atoms with Gasteiger partial charge in [0.1, 0.15) is 12.4 Å². The number of benzene rings is 1. The quantitative estimate of drug-likeness (QED) is 0.776. The second-order valence-corrected chi connectivity index (χ2v) is 5.10. The number of rotatable bonds is 6. The molecule has 2 N–H and O–H groups in total. The molecule has 1 unspecified atom stereocenters. The molecule has 0 aliphatic carbocycles. The maximum atomic E-state index is 12.2. The van der Waals surface area contributed by atoms with Crippen LogP contribution in [0.1, 0.15) is 25.8 Å². The van der Waals surface area contributed by atoms with Crippen LogP contribution in [0.3, 0.4) is 0 Å². The fourth-order valence-electron chi connectivity index (χ4n) is 2.39. The average Bonchev–Trinajstić information content (AvgIpc) is 2.59. The maximum absolute atomic E-state index is 12.2. The van der Waals surface area contributed by atoms with Crippen molar-refractivity contribution in [3.05, 3.63) is 41.1 Å². The second kappa shape index (κ2) is 8.02. The van der Waals surface area contributed by atoms with Crippen molar-refractivity contribution >= 4 is 12.0 Å². The average molecular weight is 329 g/mol. The van der Waals surface area contributed by atoms with E-state index in [1.165, 1.54) is 0 Å². The van der Waals surface area contributed by atoms with Crippen LogP contribution in [0.2, 0.25) is 0 Å². The molecule has 0 fully saturated rings. The van der Waals surface area contributed by atoms with Gasteiger partial charge in [-0.2, -0.15) is 5.26 Å². The molecule has 0 radical (unpaired) electrons. The number of hydrogen-bond acceptors (Lipinski definition) is 5. The van der Waals surface area contributed by atoms with Gasteiger partial charge in [0, 0.05) is 0 Å². The van der Waals surface area contributed by atoms with Gasteiger partial charge in [-0.25, -0.2) is 9.59 Å². The Morgan fingerprint density at radius 1 is 1.38 bits per heavy atom. The number of nitriles is 1. The largest absolute Gasteiger partial charge is 0.487 e. The van der Waals surface area contributed by atoms with Crippen LogP contribution >= 0.6 is 0 Å². The minimum Gasteiger partial charge on any atom is -0.487 e. The molecule has 24 heavy (non-hydrogen) atoms. The molecule has 0 aromatic heterocycles. The van der Waals surface area contributed by atoms with Crippen molar-refractivity contribution in [3.63, 3.8) is 0 Å². The molecule has 126 valence electrons. The van der Waals surface area contributed by atoms with Gasteiger partial charge in [0.05, 0.1) is 35.6 Å². The minimum absolute atomic E-state index is 0.00699. The number of esters is 1. The third kappa shape index (κ3) is 4.04. The zero-order valence-electron chi connectivity index (χ0n) is 13.6. The van der Waals surface area contributed by atoms with Crippen LogP contribution in [-0.2, 0) is 9.53 Å². The van der Waals surface area contributed by atoms with E-state index in [1.54, 1.807) is 31.2 Å². The lowest BCUT2D eigenvalue weighted by Gasteiger charge is -2.28. The molecule has 1 aliphatic rings. The Bertz CT molecular complexity index is 706. The van der Waals surface area contributed by atoms with E-state index in [-0.39, 0.29) is 19.2 Å². The molecule has 2 amide bonds. The molecule has 0 spiro atoms. The van der Waals surface area contributed by atoms with E-state index < -0.39 is 12.0 Å². The van der Waals surface area contributed by atoms with Crippen LogP contribution in [0.5, 0.6) is 5.75 Å². The Balaban J connectivity index is 2.25. The standard InChI is InChI=1S/C17H19N3O4/c1-3-13-15(16(21)23-4-2)14(20-17(22)19-13)10-24-12-7-5-6-11(8-12)9-18/h5-8,13H,3-4,10H2,1-2H3,(H2,19,20,22). The Hall–Kier alpha value is -3.01. The third-order valence-corrected chi connectivity index (χ3v) is 3.49. The number of ether oxygens (including phenoxy) is 2. The summed E-state index contributed by atoms with van der Waals surface area (Å²) in [5, 5.41) is 14.2. The first-order valence-corrected chi connectivity index (χ1v) is 7.69. The van der Waals surface area contributed by atoms with Gasteiger partial charge in [-0.15, -0.1) is 0 Å². The van der Waals surface area contributed by atoms with Crippen LogP contribution in [0.25, 0.3) is 0 Å². The Morgan fingerprint density at radius 2 is 2.17 bits per heavy atom. The highest BCUT2D eigenvalue weighted by Crippen LogP contribution is 2.19. The zero-order chi connectivity index (χ0) is 17.5. The van der Waals surface area contributed by atoms with Crippen molar-refractivity contribution in [2.24, 2.45) is 0 Å². The smallest absolute Gasteiger partial charge is 0.338 e. The summed E-state index contributed by atoms with van der Waals surface area (Å²) in [6.45, 7) is 3.82. The van der Waals surface area contributed by atoms with Crippen LogP contribution in [-0.4, -0.2) is 31.3 Å². The number of urea groups is 1. The highest BCUT2D eigenvalue weighted by atomic mass is 16.5. The first kappa shape index (κ1) is 17.3. The van der Waals surface area contributed by atoms with Gasteiger partial charge >= 0.3 is 12.0 Å². The van der Waals surface area contributed by atoms with Gasteiger partial charge in [0.2, 0.25) is 0 Å². The van der Waals surface area contributed by atoms with Gasteiger partial charge < -0.3 is 20.1 Å². The summed E-state index contributed by atoms with van der Waals surface area (Å²) in [5.41, 5.74) is 1.19. The molecule has 7 nitrogen and oxygen atoms in total. The number of amides is 2. The lowest BCUT2D eigenvalue weighted by molar-refractivity contribution is -0.139. The molecule has 1 heterocycles. The Morgan fingerprint density at radius 3 is 2.83 bits per heavy atom. The van der Waals surface area contributed by atoms with E-state index >= 15 is 0 Å². The monoisotopic (exact) mass is 329 g/mol. The van der Waals surface area contributed by atoms with Gasteiger partial charge in [0.15, 0.2) is 0 Å². The first-order chi connectivity index (χ1) is 11.6. The summed E-state index contributed by atoms with van der Waals surface area (Å²) in [5.74, 6) is -0.00758. The van der Waals surface area contributed by atoms with Crippen molar-refractivity contribution in [2.45, 2.75) is 26.3 Å². The topological polar surface area (TPSA) is 100 Å². The molecule has 1 aliphatic heterocycles. The number of hydrogen-bond donors (Lipinski definition) is 2. The molecule has 1 atom stereocenters. The molecule has 1 aromatic carbocycles. The zero-order valence-corrected chi connectivity index (χ0v) is 13.6. The van der Waals surface area contributed by atoms with Crippen LogP contribution in [0.4, 0.5) is 4.79 Å². The number of nitrogens with zero attached hydrogens (tertiary/aromatic N) is 1. The maximum Gasteiger partial charge on any atom is 0.338 e. The van der Waals surface area contributed by atoms with Gasteiger partial charge in [-0.3, -0.25) is 0 Å². The molecule has 0 bridgehead atoms. The Kier molecular flexibility index (Phi) is 5.79. The predicted molar refractivity (Wildman–Crippen MR) is 86.1 cm³/mol. The summed E-state index contributed by atoms with van der Waals surface area (Å²) in [6.07, 6.45) is 0.551. The summed E-state index contributed by atoms with van der Waals surface area (Å²) in [4.78, 5) is 24.0. The fraction of sp³-hybridized carbons (Fsp3) is 0.353. The van der Waals surface area contributed by atoms with E-state index in [0.29, 0.717) is 29.0 Å². The van der Waals surface area contributed by atoms with Crippen LogP contribution < -0.4 is 15.4 Å². The van der Waals surface area contributed by atoms with Crippen molar-refractivity contribution in [3.8, 4) is 11.8 Å². The molecular weight excluding hydrogens is 310 g/mol. The van der Waals surface area contributed by atoms with E-state index in [0.717, 1.165) is 0 Å². The van der Waals surface area contributed by atoms with E-state index in [4.69, 9.17) is 14.7 Å². The van der Waals surface area contributed by atoms with Crippen molar-refractivity contribution in [2.75, 3.05) is 13.2 Å². The normalized spacial score (nSPS) is 16.7. The van der Waals surface area contributed by atoms with E-state index in [9.17, 15) is 9.59 Å². The van der Waals surface area contributed by atoms with Crippen molar-refractivity contribution in [1.29, 1.82) is 5.26 Å². The third-order valence-electron chi connectivity index (χ3n) is 3.49. The first-order valence-electron chi connectivity index (χ1n) is 7.69.